The van der Waals surface area contributed by atoms with Gasteiger partial charge in [0.25, 0.3) is 0 Å². The molecule has 2 heterocycles. The Bertz CT molecular complexity index is 1030. The number of fused-ring (bicyclic) bond motifs is 2. The Labute approximate surface area is 172 Å². The van der Waals surface area contributed by atoms with Crippen molar-refractivity contribution in [2.24, 2.45) is 11.8 Å². The molecule has 8 heteroatoms. The predicted octanol–water partition coefficient (Wildman–Crippen LogP) is 2.41. The number of benzene rings is 1. The first-order valence-electron chi connectivity index (χ1n) is 10.1. The van der Waals surface area contributed by atoms with Crippen molar-refractivity contribution in [3.05, 3.63) is 40.2 Å². The lowest BCUT2D eigenvalue weighted by atomic mass is 9.81. The van der Waals surface area contributed by atoms with Gasteiger partial charge in [0.05, 0.1) is 25.4 Å². The van der Waals surface area contributed by atoms with E-state index in [4.69, 9.17) is 13.9 Å². The van der Waals surface area contributed by atoms with Gasteiger partial charge in [0.2, 0.25) is 11.8 Å². The summed E-state index contributed by atoms with van der Waals surface area (Å²) in [7, 11) is 1.51. The second-order valence-corrected chi connectivity index (χ2v) is 7.69. The molecule has 1 aliphatic heterocycles. The van der Waals surface area contributed by atoms with Crippen LogP contribution in [0.25, 0.3) is 11.0 Å². The van der Waals surface area contributed by atoms with Crippen molar-refractivity contribution in [3.8, 4) is 5.75 Å². The van der Waals surface area contributed by atoms with Crippen LogP contribution in [-0.2, 0) is 25.7 Å². The number of nitrogens with zero attached hydrogens (tertiary/aromatic N) is 1. The molecule has 0 bridgehead atoms. The van der Waals surface area contributed by atoms with Crippen molar-refractivity contribution in [2.45, 2.75) is 38.7 Å². The fourth-order valence-corrected chi connectivity index (χ4v) is 4.34. The number of ether oxygens (including phenoxy) is 2. The molecule has 8 nitrogen and oxygen atoms in total. The van der Waals surface area contributed by atoms with Gasteiger partial charge in [-0.1, -0.05) is 12.8 Å². The minimum absolute atomic E-state index is 0.0262. The summed E-state index contributed by atoms with van der Waals surface area (Å²) in [5.41, 5.74) is 0.290. The van der Waals surface area contributed by atoms with Crippen molar-refractivity contribution < 1.29 is 28.3 Å². The van der Waals surface area contributed by atoms with Crippen molar-refractivity contribution in [1.29, 1.82) is 0 Å². The standard InChI is InChI=1S/C22H23NO7/c1-28-14-6-7-15-13(10-20(25)30-18(15)11-14)12-29-19(24)8-9-23-21(26)16-4-2-3-5-17(16)22(23)27/h6-7,10-11,16-17H,2-5,8-9,12H2,1H3/t16-,17+. The number of carbonyl (C=O) groups excluding carboxylic acids is 3. The van der Waals surface area contributed by atoms with E-state index in [2.05, 4.69) is 0 Å². The molecule has 4 rings (SSSR count). The molecule has 2 atom stereocenters. The van der Waals surface area contributed by atoms with Gasteiger partial charge in [-0.05, 0) is 25.0 Å². The summed E-state index contributed by atoms with van der Waals surface area (Å²) in [6, 6.07) is 6.31. The third-order valence-electron chi connectivity index (χ3n) is 5.90. The van der Waals surface area contributed by atoms with Gasteiger partial charge in [-0.2, -0.15) is 0 Å². The first-order chi connectivity index (χ1) is 14.5. The normalized spacial score (nSPS) is 21.0. The molecule has 158 valence electrons. The molecule has 1 aromatic heterocycles. The summed E-state index contributed by atoms with van der Waals surface area (Å²) in [4.78, 5) is 50.2. The molecule has 1 aromatic carbocycles. The van der Waals surface area contributed by atoms with E-state index >= 15 is 0 Å². The number of hydrogen-bond acceptors (Lipinski definition) is 7. The Morgan fingerprint density at radius 3 is 2.47 bits per heavy atom. The van der Waals surface area contributed by atoms with Crippen LogP contribution in [0.5, 0.6) is 5.75 Å². The number of methoxy groups -OCH3 is 1. The van der Waals surface area contributed by atoms with E-state index in [1.165, 1.54) is 18.1 Å². The fraction of sp³-hybridized carbons (Fsp3) is 0.455. The highest BCUT2D eigenvalue weighted by Crippen LogP contribution is 2.38. The van der Waals surface area contributed by atoms with E-state index in [1.807, 2.05) is 0 Å². The van der Waals surface area contributed by atoms with E-state index in [-0.39, 0.29) is 43.2 Å². The summed E-state index contributed by atoms with van der Waals surface area (Å²) >= 11 is 0. The maximum atomic E-state index is 12.5. The van der Waals surface area contributed by atoms with E-state index in [0.29, 0.717) is 22.3 Å². The maximum Gasteiger partial charge on any atom is 0.336 e. The number of esters is 1. The Balaban J connectivity index is 1.38. The second-order valence-electron chi connectivity index (χ2n) is 7.69. The number of carbonyl (C=O) groups is 3. The summed E-state index contributed by atoms with van der Waals surface area (Å²) < 4.78 is 15.6. The van der Waals surface area contributed by atoms with Gasteiger partial charge in [-0.15, -0.1) is 0 Å². The largest absolute Gasteiger partial charge is 0.497 e. The molecule has 1 saturated heterocycles. The van der Waals surface area contributed by atoms with Crippen LogP contribution >= 0.6 is 0 Å². The molecule has 0 radical (unpaired) electrons. The maximum absolute atomic E-state index is 12.5. The summed E-state index contributed by atoms with van der Waals surface area (Å²) in [6.45, 7) is -0.0845. The van der Waals surface area contributed by atoms with E-state index < -0.39 is 11.6 Å². The number of imide groups is 1. The van der Waals surface area contributed by atoms with E-state index in [9.17, 15) is 19.2 Å². The molecule has 1 aliphatic carbocycles. The average Bonchev–Trinajstić information content (AvgIpc) is 3.00. The quantitative estimate of drug-likeness (QED) is 0.407. The predicted molar refractivity (Wildman–Crippen MR) is 106 cm³/mol. The topological polar surface area (TPSA) is 103 Å². The SMILES string of the molecule is COc1ccc2c(COC(=O)CCN3C(=O)[C@H]4CCCC[C@H]4C3=O)cc(=O)oc2c1. The van der Waals surface area contributed by atoms with Gasteiger partial charge in [0, 0.05) is 29.6 Å². The third-order valence-corrected chi connectivity index (χ3v) is 5.90. The number of hydrogen-bond donors (Lipinski definition) is 0. The lowest BCUT2D eigenvalue weighted by molar-refractivity contribution is -0.146. The molecule has 0 spiro atoms. The average molecular weight is 413 g/mol. The first kappa shape index (κ1) is 20.1. The second kappa shape index (κ2) is 8.30. The monoisotopic (exact) mass is 413 g/mol. The Morgan fingerprint density at radius 1 is 1.10 bits per heavy atom. The molecule has 1 saturated carbocycles. The summed E-state index contributed by atoms with van der Waals surface area (Å²) in [5.74, 6) is -0.791. The highest BCUT2D eigenvalue weighted by atomic mass is 16.5. The minimum Gasteiger partial charge on any atom is -0.497 e. The van der Waals surface area contributed by atoms with E-state index in [1.54, 1.807) is 18.2 Å². The molecule has 30 heavy (non-hydrogen) atoms. The fourth-order valence-electron chi connectivity index (χ4n) is 4.34. The summed E-state index contributed by atoms with van der Waals surface area (Å²) in [6.07, 6.45) is 3.32. The molecule has 0 unspecified atom stereocenters. The molecule has 2 aromatic rings. The molecular weight excluding hydrogens is 390 g/mol. The third kappa shape index (κ3) is 3.81. The zero-order valence-electron chi connectivity index (χ0n) is 16.7. The molecule has 2 amide bonds. The smallest absolute Gasteiger partial charge is 0.336 e. The van der Waals surface area contributed by atoms with Gasteiger partial charge >= 0.3 is 11.6 Å². The summed E-state index contributed by atoms with van der Waals surface area (Å²) in [5, 5.41) is 0.636. The molecule has 2 fully saturated rings. The number of amides is 2. The Hall–Kier alpha value is -3.16. The Morgan fingerprint density at radius 2 is 1.80 bits per heavy atom. The first-order valence-corrected chi connectivity index (χ1v) is 10.1. The lowest BCUT2D eigenvalue weighted by Gasteiger charge is -2.19. The van der Waals surface area contributed by atoms with Crippen LogP contribution < -0.4 is 10.4 Å². The van der Waals surface area contributed by atoms with Crippen molar-refractivity contribution >= 4 is 28.8 Å². The highest BCUT2D eigenvalue weighted by molar-refractivity contribution is 6.05. The minimum atomic E-state index is -0.558. The highest BCUT2D eigenvalue weighted by Gasteiger charge is 2.47. The van der Waals surface area contributed by atoms with Crippen LogP contribution in [0.2, 0.25) is 0 Å². The molecular formula is C22H23NO7. The van der Waals surface area contributed by atoms with Crippen LogP contribution in [0.1, 0.15) is 37.7 Å². The van der Waals surface area contributed by atoms with Gasteiger partial charge < -0.3 is 13.9 Å². The van der Waals surface area contributed by atoms with Crippen LogP contribution in [0, 0.1) is 11.8 Å². The molecule has 0 N–H and O–H groups in total. The van der Waals surface area contributed by atoms with Gasteiger partial charge in [0.15, 0.2) is 0 Å². The van der Waals surface area contributed by atoms with Gasteiger partial charge in [-0.3, -0.25) is 19.3 Å². The number of likely N-dealkylation sites (tertiary alicyclic amines) is 1. The van der Waals surface area contributed by atoms with Crippen molar-refractivity contribution in [3.63, 3.8) is 0 Å². The zero-order valence-corrected chi connectivity index (χ0v) is 16.7. The van der Waals surface area contributed by atoms with Gasteiger partial charge in [0.1, 0.15) is 17.9 Å². The lowest BCUT2D eigenvalue weighted by Crippen LogP contribution is -2.33. The Kier molecular flexibility index (Phi) is 5.57. The van der Waals surface area contributed by atoms with Crippen LogP contribution in [0.4, 0.5) is 0 Å². The van der Waals surface area contributed by atoms with E-state index in [0.717, 1.165) is 25.7 Å². The van der Waals surface area contributed by atoms with Gasteiger partial charge in [-0.25, -0.2) is 4.79 Å². The molecule has 2 aliphatic rings. The van der Waals surface area contributed by atoms with Crippen molar-refractivity contribution in [2.75, 3.05) is 13.7 Å². The van der Waals surface area contributed by atoms with Crippen molar-refractivity contribution in [1.82, 2.24) is 4.90 Å². The van der Waals surface area contributed by atoms with Crippen LogP contribution in [-0.4, -0.2) is 36.3 Å². The zero-order chi connectivity index (χ0) is 21.3. The number of rotatable bonds is 6. The van der Waals surface area contributed by atoms with Crippen LogP contribution in [0.15, 0.2) is 33.5 Å². The van der Waals surface area contributed by atoms with Crippen LogP contribution in [0.3, 0.4) is 0 Å².